The van der Waals surface area contributed by atoms with Crippen LogP contribution in [0.25, 0.3) is 108 Å². The van der Waals surface area contributed by atoms with Gasteiger partial charge in [-0.3, -0.25) is 0 Å². The van der Waals surface area contributed by atoms with Gasteiger partial charge in [0.1, 0.15) is 0 Å². The summed E-state index contributed by atoms with van der Waals surface area (Å²) in [6.45, 7) is 9.71. The maximum atomic E-state index is 2.50. The van der Waals surface area contributed by atoms with E-state index < -0.39 is 0 Å². The van der Waals surface area contributed by atoms with Crippen LogP contribution in [0.1, 0.15) is 49.9 Å². The van der Waals surface area contributed by atoms with Crippen molar-refractivity contribution in [2.75, 3.05) is 0 Å². The third kappa shape index (κ3) is 4.70. The minimum atomic E-state index is -0.180. The number of thiophene rings is 1. The van der Waals surface area contributed by atoms with Crippen molar-refractivity contribution in [3.63, 3.8) is 0 Å². The van der Waals surface area contributed by atoms with E-state index in [1.165, 1.54) is 130 Å². The van der Waals surface area contributed by atoms with Crippen LogP contribution in [0.2, 0.25) is 0 Å². The molecule has 0 unspecified atom stereocenters. The van der Waals surface area contributed by atoms with Crippen LogP contribution in [0.5, 0.6) is 0 Å². The highest BCUT2D eigenvalue weighted by Gasteiger charge is 2.40. The van der Waals surface area contributed by atoms with Crippen molar-refractivity contribution in [1.82, 2.24) is 0 Å². The molecule has 61 heavy (non-hydrogen) atoms. The zero-order valence-electron chi connectivity index (χ0n) is 34.7. The third-order valence-corrected chi connectivity index (χ3v) is 15.6. The fourth-order valence-electron chi connectivity index (χ4n) is 11.6. The van der Waals surface area contributed by atoms with Crippen LogP contribution in [0.4, 0.5) is 0 Å². The molecule has 0 nitrogen and oxygen atoms in total. The van der Waals surface area contributed by atoms with E-state index in [0.717, 1.165) is 0 Å². The molecular weight excluding hydrogens is 753 g/mol. The van der Waals surface area contributed by atoms with Crippen LogP contribution in [-0.4, -0.2) is 0 Å². The van der Waals surface area contributed by atoms with Gasteiger partial charge in [0.15, 0.2) is 0 Å². The Morgan fingerprint density at radius 1 is 0.328 bits per heavy atom. The third-order valence-electron chi connectivity index (χ3n) is 14.4. The topological polar surface area (TPSA) is 0 Å². The van der Waals surface area contributed by atoms with Gasteiger partial charge in [-0.05, 0) is 134 Å². The maximum absolute atomic E-state index is 2.50. The molecule has 0 N–H and O–H groups in total. The zero-order valence-corrected chi connectivity index (χ0v) is 35.5. The predicted molar refractivity (Wildman–Crippen MR) is 263 cm³/mol. The van der Waals surface area contributed by atoms with Gasteiger partial charge in [0.05, 0.1) is 0 Å². The summed E-state index contributed by atoms with van der Waals surface area (Å²) in [5, 5.41) is 10.6. The first-order chi connectivity index (χ1) is 29.8. The van der Waals surface area contributed by atoms with E-state index in [0.29, 0.717) is 0 Å². The molecule has 0 saturated heterocycles. The normalized spacial score (nSPS) is 14.5. The van der Waals surface area contributed by atoms with E-state index in [2.05, 4.69) is 210 Å². The molecular formula is C60H42S. The largest absolute Gasteiger partial charge is 0.135 e. The molecule has 2 aliphatic rings. The van der Waals surface area contributed by atoms with E-state index >= 15 is 0 Å². The Hall–Kier alpha value is -6.80. The molecule has 1 heteroatoms. The Bertz CT molecular complexity index is 3630. The van der Waals surface area contributed by atoms with Crippen molar-refractivity contribution in [3.05, 3.63) is 204 Å². The lowest BCUT2D eigenvalue weighted by atomic mass is 9.79. The summed E-state index contributed by atoms with van der Waals surface area (Å²) < 4.78 is 2.79. The molecule has 288 valence electrons. The number of hydrogen-bond donors (Lipinski definition) is 0. The molecule has 1 heterocycles. The molecule has 0 saturated carbocycles. The standard InChI is InChI=1S/C60H42S/c1-59(2)50-33-37(36-28-31-49-48(32-36)55-45-22-12-13-23-46(45)56-47-24-14-15-25-52(47)61-58(56)57(55)60(49,3)4)26-29-39(50)40-30-27-38(34-51(40)59)54-43-20-10-8-18-41(43)53(35-16-6-5-7-17-35)42-19-9-11-21-44(42)54/h5-34H,1-4H3. The van der Waals surface area contributed by atoms with Gasteiger partial charge in [-0.1, -0.05) is 185 Å². The lowest BCUT2D eigenvalue weighted by molar-refractivity contribution is 0.661. The Labute approximate surface area is 360 Å². The molecule has 0 fully saturated rings. The number of rotatable bonds is 3. The second kappa shape index (κ2) is 12.4. The van der Waals surface area contributed by atoms with Crippen LogP contribution in [0.15, 0.2) is 182 Å². The van der Waals surface area contributed by atoms with Crippen molar-refractivity contribution < 1.29 is 0 Å². The Kier molecular flexibility index (Phi) is 7.11. The van der Waals surface area contributed by atoms with Crippen LogP contribution < -0.4 is 0 Å². The summed E-state index contributed by atoms with van der Waals surface area (Å²) in [6.07, 6.45) is 0. The van der Waals surface area contributed by atoms with Gasteiger partial charge in [0.2, 0.25) is 0 Å². The smallest absolute Gasteiger partial charge is 0.0408 e. The van der Waals surface area contributed by atoms with Crippen LogP contribution in [-0.2, 0) is 10.8 Å². The van der Waals surface area contributed by atoms with Gasteiger partial charge >= 0.3 is 0 Å². The average Bonchev–Trinajstić information content (AvgIpc) is 3.88. The molecule has 10 aromatic carbocycles. The monoisotopic (exact) mass is 794 g/mol. The van der Waals surface area contributed by atoms with Crippen LogP contribution in [0, 0.1) is 0 Å². The molecule has 0 bridgehead atoms. The molecule has 2 aliphatic carbocycles. The summed E-state index contributed by atoms with van der Waals surface area (Å²) in [7, 11) is 0. The molecule has 0 atom stereocenters. The van der Waals surface area contributed by atoms with Gasteiger partial charge < -0.3 is 0 Å². The van der Waals surface area contributed by atoms with E-state index in [1.54, 1.807) is 0 Å². The van der Waals surface area contributed by atoms with Crippen molar-refractivity contribution in [2.45, 2.75) is 38.5 Å². The summed E-state index contributed by atoms with van der Waals surface area (Å²) in [6, 6.07) is 68.7. The molecule has 0 amide bonds. The van der Waals surface area contributed by atoms with Crippen molar-refractivity contribution in [2.24, 2.45) is 0 Å². The quantitative estimate of drug-likeness (QED) is 0.156. The van der Waals surface area contributed by atoms with Gasteiger partial charge in [-0.25, -0.2) is 0 Å². The minimum absolute atomic E-state index is 0.121. The lowest BCUT2D eigenvalue weighted by Gasteiger charge is -2.24. The molecule has 0 aliphatic heterocycles. The molecule has 0 radical (unpaired) electrons. The van der Waals surface area contributed by atoms with Crippen LogP contribution in [0.3, 0.4) is 0 Å². The van der Waals surface area contributed by atoms with E-state index in [4.69, 9.17) is 0 Å². The first-order valence-electron chi connectivity index (χ1n) is 21.6. The zero-order chi connectivity index (χ0) is 40.8. The minimum Gasteiger partial charge on any atom is -0.135 e. The van der Waals surface area contributed by atoms with Gasteiger partial charge in [0.25, 0.3) is 0 Å². The number of benzene rings is 10. The molecule has 13 rings (SSSR count). The van der Waals surface area contributed by atoms with Gasteiger partial charge in [-0.2, -0.15) is 0 Å². The van der Waals surface area contributed by atoms with Gasteiger partial charge in [0, 0.05) is 31.0 Å². The second-order valence-electron chi connectivity index (χ2n) is 18.3. The molecule has 11 aromatic rings. The Balaban J connectivity index is 0.954. The SMILES string of the molecule is CC1(C)c2cc(-c3ccc4c(c3)-c3c(c5sc6ccccc6c5c5ccccc35)C4(C)C)ccc2-c2ccc(-c3c4ccccc4c(-c4ccccc4)c4ccccc34)cc21. The Morgan fingerprint density at radius 3 is 1.44 bits per heavy atom. The Morgan fingerprint density at radius 2 is 0.803 bits per heavy atom. The summed E-state index contributed by atoms with van der Waals surface area (Å²) >= 11 is 1.96. The summed E-state index contributed by atoms with van der Waals surface area (Å²) in [5.74, 6) is 0. The first kappa shape index (κ1) is 35.0. The highest BCUT2D eigenvalue weighted by atomic mass is 32.1. The highest BCUT2D eigenvalue weighted by Crippen LogP contribution is 2.58. The van der Waals surface area contributed by atoms with E-state index in [1.807, 2.05) is 11.3 Å². The van der Waals surface area contributed by atoms with E-state index in [9.17, 15) is 0 Å². The fourth-order valence-corrected chi connectivity index (χ4v) is 13.0. The lowest BCUT2D eigenvalue weighted by Crippen LogP contribution is -2.15. The van der Waals surface area contributed by atoms with Crippen molar-refractivity contribution in [3.8, 4) is 55.6 Å². The molecule has 1 aromatic heterocycles. The van der Waals surface area contributed by atoms with Crippen LogP contribution >= 0.6 is 11.3 Å². The maximum Gasteiger partial charge on any atom is 0.0408 e. The number of hydrogen-bond acceptors (Lipinski definition) is 1. The summed E-state index contributed by atoms with van der Waals surface area (Å²) in [5.41, 5.74) is 18.5. The average molecular weight is 795 g/mol. The van der Waals surface area contributed by atoms with Gasteiger partial charge in [-0.15, -0.1) is 11.3 Å². The summed E-state index contributed by atoms with van der Waals surface area (Å²) in [4.78, 5) is 0. The first-order valence-corrected chi connectivity index (χ1v) is 22.4. The highest BCUT2D eigenvalue weighted by molar-refractivity contribution is 7.26. The molecule has 0 spiro atoms. The second-order valence-corrected chi connectivity index (χ2v) is 19.4. The van der Waals surface area contributed by atoms with Crippen molar-refractivity contribution >= 4 is 63.8 Å². The fraction of sp³-hybridized carbons (Fsp3) is 0.100. The predicted octanol–water partition coefficient (Wildman–Crippen LogP) is 17.1. The van der Waals surface area contributed by atoms with E-state index in [-0.39, 0.29) is 10.8 Å². The van der Waals surface area contributed by atoms with Crippen molar-refractivity contribution in [1.29, 1.82) is 0 Å². The number of fused-ring (bicyclic) bond motifs is 15.